The maximum Gasteiger partial charge on any atom is 0.0388 e. The van der Waals surface area contributed by atoms with E-state index in [1.807, 2.05) is 0 Å². The Labute approximate surface area is 118 Å². The van der Waals surface area contributed by atoms with Crippen LogP contribution in [0.4, 0.5) is 5.69 Å². The van der Waals surface area contributed by atoms with E-state index in [0.29, 0.717) is 12.6 Å². The van der Waals surface area contributed by atoms with E-state index in [0.717, 1.165) is 17.6 Å². The Morgan fingerprint density at radius 2 is 2.17 bits per heavy atom. The van der Waals surface area contributed by atoms with Crippen LogP contribution in [0.3, 0.4) is 0 Å². The summed E-state index contributed by atoms with van der Waals surface area (Å²) in [5, 5.41) is 0. The van der Waals surface area contributed by atoms with Gasteiger partial charge in [-0.05, 0) is 44.6 Å². The Hall–Kier alpha value is -0.580. The minimum Gasteiger partial charge on any atom is -0.367 e. The maximum absolute atomic E-state index is 5.70. The van der Waals surface area contributed by atoms with Gasteiger partial charge in [0, 0.05) is 35.8 Å². The third-order valence-electron chi connectivity index (χ3n) is 3.64. The van der Waals surface area contributed by atoms with E-state index in [1.54, 1.807) is 0 Å². The monoisotopic (exact) mass is 311 g/mol. The molecule has 0 amide bonds. The number of benzene rings is 1. The van der Waals surface area contributed by atoms with Crippen LogP contribution in [-0.4, -0.2) is 37.6 Å². The molecule has 0 spiro atoms. The van der Waals surface area contributed by atoms with Crippen LogP contribution in [0.15, 0.2) is 22.7 Å². The summed E-state index contributed by atoms with van der Waals surface area (Å²) >= 11 is 3.61. The summed E-state index contributed by atoms with van der Waals surface area (Å²) in [4.78, 5) is 4.91. The lowest BCUT2D eigenvalue weighted by molar-refractivity contribution is 0.337. The molecular weight excluding hydrogens is 290 g/mol. The van der Waals surface area contributed by atoms with Gasteiger partial charge in [-0.15, -0.1) is 0 Å². The lowest BCUT2D eigenvalue weighted by atomic mass is 10.1. The topological polar surface area (TPSA) is 32.5 Å². The number of rotatable bonds is 2. The van der Waals surface area contributed by atoms with Crippen LogP contribution < -0.4 is 10.6 Å². The molecule has 1 atom stereocenters. The van der Waals surface area contributed by atoms with Gasteiger partial charge in [-0.25, -0.2) is 0 Å². The number of halogens is 1. The molecule has 100 valence electrons. The smallest absolute Gasteiger partial charge is 0.0388 e. The van der Waals surface area contributed by atoms with Crippen LogP contribution in [0.2, 0.25) is 0 Å². The number of nitrogens with two attached hydrogens (primary N) is 1. The number of likely N-dealkylation sites (N-methyl/N-ethyl adjacent to an activating group) is 1. The van der Waals surface area contributed by atoms with Crippen LogP contribution >= 0.6 is 15.9 Å². The van der Waals surface area contributed by atoms with Gasteiger partial charge in [0.25, 0.3) is 0 Å². The molecule has 0 aromatic heterocycles. The van der Waals surface area contributed by atoms with Gasteiger partial charge in [-0.2, -0.15) is 0 Å². The number of hydrogen-bond donors (Lipinski definition) is 1. The van der Waals surface area contributed by atoms with Gasteiger partial charge < -0.3 is 15.5 Å². The molecule has 1 heterocycles. The first-order valence-electron chi connectivity index (χ1n) is 6.55. The quantitative estimate of drug-likeness (QED) is 0.910. The van der Waals surface area contributed by atoms with Crippen molar-refractivity contribution in [3.8, 4) is 0 Å². The van der Waals surface area contributed by atoms with Crippen molar-refractivity contribution >= 4 is 21.6 Å². The standard InChI is InChI=1S/C14H22BrN3/c1-11-10-17(2)6-3-7-18(11)13-5-4-12(9-16)14(15)8-13/h4-5,8,11H,3,6-7,9-10,16H2,1-2H3. The van der Waals surface area contributed by atoms with Crippen molar-refractivity contribution in [1.82, 2.24) is 4.90 Å². The third kappa shape index (κ3) is 3.05. The van der Waals surface area contributed by atoms with Crippen molar-refractivity contribution in [2.75, 3.05) is 31.6 Å². The highest BCUT2D eigenvalue weighted by Crippen LogP contribution is 2.26. The fraction of sp³-hybridized carbons (Fsp3) is 0.571. The maximum atomic E-state index is 5.70. The lowest BCUT2D eigenvalue weighted by Gasteiger charge is -2.30. The van der Waals surface area contributed by atoms with E-state index >= 15 is 0 Å². The van der Waals surface area contributed by atoms with Crippen molar-refractivity contribution in [1.29, 1.82) is 0 Å². The molecule has 1 unspecified atom stereocenters. The second kappa shape index (κ2) is 6.04. The van der Waals surface area contributed by atoms with Crippen LogP contribution in [0, 0.1) is 0 Å². The highest BCUT2D eigenvalue weighted by molar-refractivity contribution is 9.10. The van der Waals surface area contributed by atoms with Gasteiger partial charge in [-0.3, -0.25) is 0 Å². The van der Waals surface area contributed by atoms with Gasteiger partial charge in [0.1, 0.15) is 0 Å². The third-order valence-corrected chi connectivity index (χ3v) is 4.37. The van der Waals surface area contributed by atoms with Crippen molar-refractivity contribution in [2.24, 2.45) is 5.73 Å². The first-order valence-corrected chi connectivity index (χ1v) is 7.35. The molecule has 3 nitrogen and oxygen atoms in total. The number of anilines is 1. The average Bonchev–Trinajstić information content (AvgIpc) is 2.50. The zero-order valence-electron chi connectivity index (χ0n) is 11.2. The summed E-state index contributed by atoms with van der Waals surface area (Å²) in [5.74, 6) is 0. The first-order chi connectivity index (χ1) is 8.61. The van der Waals surface area contributed by atoms with Crippen LogP contribution in [0.1, 0.15) is 18.9 Å². The Balaban J connectivity index is 2.21. The van der Waals surface area contributed by atoms with Crippen LogP contribution in [0.25, 0.3) is 0 Å². The molecule has 2 N–H and O–H groups in total. The van der Waals surface area contributed by atoms with E-state index in [2.05, 4.69) is 57.9 Å². The molecule has 0 aliphatic carbocycles. The Bertz CT molecular complexity index is 408. The van der Waals surface area contributed by atoms with Crippen LogP contribution in [0.5, 0.6) is 0 Å². The summed E-state index contributed by atoms with van der Waals surface area (Å²) in [6, 6.07) is 7.06. The summed E-state index contributed by atoms with van der Waals surface area (Å²) in [6.45, 7) is 6.31. The molecule has 1 saturated heterocycles. The minimum absolute atomic E-state index is 0.549. The highest BCUT2D eigenvalue weighted by Gasteiger charge is 2.20. The molecule has 2 rings (SSSR count). The van der Waals surface area contributed by atoms with Gasteiger partial charge in [0.2, 0.25) is 0 Å². The molecule has 0 radical (unpaired) electrons. The van der Waals surface area contributed by atoms with Crippen molar-refractivity contribution in [3.05, 3.63) is 28.2 Å². The summed E-state index contributed by atoms with van der Waals surface area (Å²) < 4.78 is 1.12. The van der Waals surface area contributed by atoms with Crippen molar-refractivity contribution in [3.63, 3.8) is 0 Å². The zero-order chi connectivity index (χ0) is 13.1. The second-order valence-corrected chi connectivity index (χ2v) is 5.99. The van der Waals surface area contributed by atoms with Gasteiger partial charge >= 0.3 is 0 Å². The predicted octanol–water partition coefficient (Wildman–Crippen LogP) is 2.44. The van der Waals surface area contributed by atoms with E-state index in [4.69, 9.17) is 5.73 Å². The fourth-order valence-electron chi connectivity index (χ4n) is 2.64. The minimum atomic E-state index is 0.549. The largest absolute Gasteiger partial charge is 0.367 e. The summed E-state index contributed by atoms with van der Waals surface area (Å²) in [6.07, 6.45) is 1.22. The molecule has 0 bridgehead atoms. The molecule has 1 aliphatic heterocycles. The van der Waals surface area contributed by atoms with Gasteiger partial charge in [-0.1, -0.05) is 22.0 Å². The van der Waals surface area contributed by atoms with E-state index in [9.17, 15) is 0 Å². The Morgan fingerprint density at radius 3 is 2.83 bits per heavy atom. The average molecular weight is 312 g/mol. The van der Waals surface area contributed by atoms with Crippen LogP contribution in [-0.2, 0) is 6.54 Å². The lowest BCUT2D eigenvalue weighted by Crippen LogP contribution is -2.37. The van der Waals surface area contributed by atoms with E-state index < -0.39 is 0 Å². The molecule has 1 aliphatic rings. The molecule has 1 fully saturated rings. The second-order valence-electron chi connectivity index (χ2n) is 5.14. The molecule has 1 aromatic carbocycles. The fourth-order valence-corrected chi connectivity index (χ4v) is 3.16. The molecule has 1 aromatic rings. The Morgan fingerprint density at radius 1 is 1.39 bits per heavy atom. The predicted molar refractivity (Wildman–Crippen MR) is 81.0 cm³/mol. The van der Waals surface area contributed by atoms with Gasteiger partial charge in [0.15, 0.2) is 0 Å². The number of nitrogens with zero attached hydrogens (tertiary/aromatic N) is 2. The van der Waals surface area contributed by atoms with Crippen molar-refractivity contribution in [2.45, 2.75) is 25.9 Å². The van der Waals surface area contributed by atoms with Crippen molar-refractivity contribution < 1.29 is 0 Å². The highest BCUT2D eigenvalue weighted by atomic mass is 79.9. The molecular formula is C14H22BrN3. The Kier molecular flexibility index (Phi) is 4.65. The summed E-state index contributed by atoms with van der Waals surface area (Å²) in [7, 11) is 2.20. The SMILES string of the molecule is CC1CN(C)CCCN1c1ccc(CN)c(Br)c1. The number of hydrogen-bond acceptors (Lipinski definition) is 3. The first kappa shape index (κ1) is 13.8. The zero-order valence-corrected chi connectivity index (χ0v) is 12.8. The molecule has 0 saturated carbocycles. The summed E-state index contributed by atoms with van der Waals surface area (Å²) in [5.41, 5.74) is 8.16. The van der Waals surface area contributed by atoms with E-state index in [-0.39, 0.29) is 0 Å². The molecule has 4 heteroatoms. The molecule has 18 heavy (non-hydrogen) atoms. The normalized spacial score (nSPS) is 22.0. The van der Waals surface area contributed by atoms with E-state index in [1.165, 1.54) is 24.2 Å². The van der Waals surface area contributed by atoms with Gasteiger partial charge in [0.05, 0.1) is 0 Å².